The van der Waals surface area contributed by atoms with Gasteiger partial charge in [-0.15, -0.1) is 11.3 Å². The molecule has 0 aliphatic heterocycles. The normalized spacial score (nSPS) is 10.7. The zero-order chi connectivity index (χ0) is 13.7. The molecule has 0 amide bonds. The highest BCUT2D eigenvalue weighted by molar-refractivity contribution is 7.11. The zero-order valence-electron chi connectivity index (χ0n) is 10.6. The lowest BCUT2D eigenvalue weighted by molar-refractivity contribution is 0.314. The molecule has 1 N–H and O–H groups in total. The van der Waals surface area contributed by atoms with Gasteiger partial charge in [0.1, 0.15) is 17.4 Å². The van der Waals surface area contributed by atoms with Gasteiger partial charge in [-0.1, -0.05) is 29.3 Å². The molecular weight excluding hydrogens is 301 g/mol. The highest BCUT2D eigenvalue weighted by Crippen LogP contribution is 2.31. The maximum absolute atomic E-state index is 6.03. The highest BCUT2D eigenvalue weighted by atomic mass is 35.5. The highest BCUT2D eigenvalue weighted by Gasteiger charge is 2.04. The van der Waals surface area contributed by atoms with Crippen molar-refractivity contribution in [3.8, 4) is 5.75 Å². The molecule has 2 nitrogen and oxygen atoms in total. The molecule has 5 heteroatoms. The number of thiophene rings is 1. The van der Waals surface area contributed by atoms with E-state index in [0.29, 0.717) is 22.4 Å². The van der Waals surface area contributed by atoms with Crippen molar-refractivity contribution in [3.63, 3.8) is 0 Å². The van der Waals surface area contributed by atoms with Crippen molar-refractivity contribution in [3.05, 3.63) is 50.1 Å². The minimum Gasteiger partial charge on any atom is -0.491 e. The first-order chi connectivity index (χ1) is 9.16. The molecule has 1 aromatic carbocycles. The lowest BCUT2D eigenvalue weighted by Crippen LogP contribution is -2.20. The van der Waals surface area contributed by atoms with E-state index >= 15 is 0 Å². The summed E-state index contributed by atoms with van der Waals surface area (Å²) >= 11 is 13.7. The van der Waals surface area contributed by atoms with Crippen molar-refractivity contribution >= 4 is 34.5 Å². The second kappa shape index (κ2) is 7.15. The second-order valence-corrected chi connectivity index (χ2v) is 6.25. The first-order valence-electron chi connectivity index (χ1n) is 5.99. The molecule has 0 radical (unpaired) electrons. The Bertz CT molecular complexity index is 542. The van der Waals surface area contributed by atoms with Crippen LogP contribution in [0.3, 0.4) is 0 Å². The molecule has 0 bridgehead atoms. The summed E-state index contributed by atoms with van der Waals surface area (Å²) in [7, 11) is 0. The van der Waals surface area contributed by atoms with Gasteiger partial charge in [0.05, 0.1) is 5.02 Å². The average Bonchev–Trinajstić information content (AvgIpc) is 2.80. The van der Waals surface area contributed by atoms with Crippen molar-refractivity contribution in [1.82, 2.24) is 5.32 Å². The van der Waals surface area contributed by atoms with Gasteiger partial charge in [-0.25, -0.2) is 0 Å². The molecule has 0 saturated carbocycles. The lowest BCUT2D eigenvalue weighted by Gasteiger charge is -2.09. The fraction of sp³-hybridized carbons (Fsp3) is 0.286. The van der Waals surface area contributed by atoms with Crippen molar-refractivity contribution in [1.29, 1.82) is 0 Å². The summed E-state index contributed by atoms with van der Waals surface area (Å²) in [5.41, 5.74) is 0. The molecule has 0 spiro atoms. The number of hydrogen-bond donors (Lipinski definition) is 1. The minimum atomic E-state index is 0.470. The molecular formula is C14H15Cl2NOS. The van der Waals surface area contributed by atoms with Gasteiger partial charge in [0.15, 0.2) is 0 Å². The predicted octanol–water partition coefficient (Wildman–Crippen LogP) is 4.53. The molecule has 0 unspecified atom stereocenters. The third kappa shape index (κ3) is 4.39. The summed E-state index contributed by atoms with van der Waals surface area (Å²) in [6.07, 6.45) is 0. The quantitative estimate of drug-likeness (QED) is 0.791. The zero-order valence-corrected chi connectivity index (χ0v) is 12.9. The van der Waals surface area contributed by atoms with Crippen LogP contribution in [0.25, 0.3) is 0 Å². The van der Waals surface area contributed by atoms with Crippen molar-refractivity contribution < 1.29 is 4.74 Å². The molecule has 102 valence electrons. The summed E-state index contributed by atoms with van der Waals surface area (Å²) in [5.74, 6) is 0.628. The van der Waals surface area contributed by atoms with Crippen LogP contribution in [0.2, 0.25) is 10.0 Å². The van der Waals surface area contributed by atoms with Crippen molar-refractivity contribution in [2.75, 3.05) is 13.2 Å². The number of rotatable bonds is 6. The first-order valence-corrected chi connectivity index (χ1v) is 7.57. The van der Waals surface area contributed by atoms with Crippen molar-refractivity contribution in [2.24, 2.45) is 0 Å². The van der Waals surface area contributed by atoms with Gasteiger partial charge in [-0.3, -0.25) is 0 Å². The van der Waals surface area contributed by atoms with Crippen LogP contribution in [-0.4, -0.2) is 13.2 Å². The standard InChI is InChI=1S/C14H15Cl2NOS/c1-10-5-6-11(19-10)9-17-7-8-18-13-4-2-3-12(15)14(13)16/h2-6,17H,7-9H2,1H3. The van der Waals surface area contributed by atoms with Gasteiger partial charge in [-0.2, -0.15) is 0 Å². The summed E-state index contributed by atoms with van der Waals surface area (Å²) in [4.78, 5) is 2.66. The SMILES string of the molecule is Cc1ccc(CNCCOc2cccc(Cl)c2Cl)s1. The van der Waals surface area contributed by atoms with E-state index < -0.39 is 0 Å². The Hall–Kier alpha value is -0.740. The van der Waals surface area contributed by atoms with Crippen LogP contribution in [-0.2, 0) is 6.54 Å². The Kier molecular flexibility index (Phi) is 5.52. The molecule has 0 aliphatic carbocycles. The fourth-order valence-corrected chi connectivity index (χ4v) is 2.83. The van der Waals surface area contributed by atoms with E-state index in [2.05, 4.69) is 24.4 Å². The molecule has 0 atom stereocenters. The van der Waals surface area contributed by atoms with E-state index in [-0.39, 0.29) is 0 Å². The molecule has 1 aromatic heterocycles. The van der Waals surface area contributed by atoms with Gasteiger partial charge < -0.3 is 10.1 Å². The molecule has 0 aliphatic rings. The van der Waals surface area contributed by atoms with Crippen molar-refractivity contribution in [2.45, 2.75) is 13.5 Å². The first kappa shape index (κ1) is 14.7. The van der Waals surface area contributed by atoms with Gasteiger partial charge in [0.2, 0.25) is 0 Å². The number of aryl methyl sites for hydroxylation is 1. The lowest BCUT2D eigenvalue weighted by atomic mass is 10.3. The van der Waals surface area contributed by atoms with Crippen LogP contribution in [0.5, 0.6) is 5.75 Å². The molecule has 0 fully saturated rings. The third-order valence-electron chi connectivity index (χ3n) is 2.55. The van der Waals surface area contributed by atoms with Gasteiger partial charge in [0, 0.05) is 22.8 Å². The number of ether oxygens (including phenoxy) is 1. The fourth-order valence-electron chi connectivity index (χ4n) is 1.62. The Balaban J connectivity index is 1.71. The number of halogens is 2. The summed E-state index contributed by atoms with van der Waals surface area (Å²) in [6, 6.07) is 9.65. The number of hydrogen-bond acceptors (Lipinski definition) is 3. The van der Waals surface area contributed by atoms with Gasteiger partial charge >= 0.3 is 0 Å². The summed E-state index contributed by atoms with van der Waals surface area (Å²) in [6.45, 7) is 4.30. The maximum atomic E-state index is 6.03. The van der Waals surface area contributed by atoms with E-state index in [0.717, 1.165) is 13.1 Å². The maximum Gasteiger partial charge on any atom is 0.139 e. The monoisotopic (exact) mass is 315 g/mol. The van der Waals surface area contributed by atoms with E-state index in [1.807, 2.05) is 12.1 Å². The third-order valence-corrected chi connectivity index (χ3v) is 4.35. The molecule has 0 saturated heterocycles. The Labute approximate surface area is 127 Å². The van der Waals surface area contributed by atoms with Crippen LogP contribution < -0.4 is 10.1 Å². The van der Waals surface area contributed by atoms with Crippen LogP contribution in [0, 0.1) is 6.92 Å². The molecule has 2 rings (SSSR count). The smallest absolute Gasteiger partial charge is 0.139 e. The van der Waals surface area contributed by atoms with Gasteiger partial charge in [-0.05, 0) is 31.2 Å². The van der Waals surface area contributed by atoms with E-state index in [1.165, 1.54) is 9.75 Å². The predicted molar refractivity (Wildman–Crippen MR) is 82.7 cm³/mol. The van der Waals surface area contributed by atoms with Crippen LogP contribution in [0.1, 0.15) is 9.75 Å². The van der Waals surface area contributed by atoms with E-state index in [1.54, 1.807) is 17.4 Å². The topological polar surface area (TPSA) is 21.3 Å². The van der Waals surface area contributed by atoms with Gasteiger partial charge in [0.25, 0.3) is 0 Å². The number of benzene rings is 1. The average molecular weight is 316 g/mol. The van der Waals surface area contributed by atoms with E-state index in [4.69, 9.17) is 27.9 Å². The molecule has 19 heavy (non-hydrogen) atoms. The largest absolute Gasteiger partial charge is 0.491 e. The number of nitrogens with one attached hydrogen (secondary N) is 1. The minimum absolute atomic E-state index is 0.470. The molecule has 1 heterocycles. The Morgan fingerprint density at radius 1 is 1.21 bits per heavy atom. The molecule has 2 aromatic rings. The second-order valence-electron chi connectivity index (χ2n) is 4.09. The Morgan fingerprint density at radius 3 is 2.79 bits per heavy atom. The summed E-state index contributed by atoms with van der Waals surface area (Å²) in [5, 5.41) is 4.31. The van der Waals surface area contributed by atoms with E-state index in [9.17, 15) is 0 Å². The van der Waals surface area contributed by atoms with Crippen LogP contribution in [0.15, 0.2) is 30.3 Å². The Morgan fingerprint density at radius 2 is 2.05 bits per heavy atom. The van der Waals surface area contributed by atoms with Crippen LogP contribution >= 0.6 is 34.5 Å². The van der Waals surface area contributed by atoms with Crippen LogP contribution in [0.4, 0.5) is 0 Å². The summed E-state index contributed by atoms with van der Waals surface area (Å²) < 4.78 is 5.59.